The minimum atomic E-state index is 0.0811. The third-order valence-corrected chi connectivity index (χ3v) is 3.43. The maximum atomic E-state index is 5.67. The number of nitrogens with two attached hydrogens (primary N) is 1. The minimum absolute atomic E-state index is 0.0811. The van der Waals surface area contributed by atoms with Gasteiger partial charge in [0.15, 0.2) is 0 Å². The van der Waals surface area contributed by atoms with Crippen molar-refractivity contribution >= 4 is 0 Å². The summed E-state index contributed by atoms with van der Waals surface area (Å²) in [6.45, 7) is 7.37. The van der Waals surface area contributed by atoms with Crippen molar-refractivity contribution in [3.63, 3.8) is 0 Å². The largest absolute Gasteiger partial charge is 0.330 e. The van der Waals surface area contributed by atoms with E-state index in [2.05, 4.69) is 30.6 Å². The average molecular weight is 221 g/mol. The Bertz CT molecular complexity index is 356. The first-order valence-electron chi connectivity index (χ1n) is 6.31. The highest BCUT2D eigenvalue weighted by molar-refractivity contribution is 5.25. The first-order valence-corrected chi connectivity index (χ1v) is 6.31. The number of aromatic nitrogens is 2. The molecule has 3 heteroatoms. The lowest BCUT2D eigenvalue weighted by atomic mass is 9.80. The molecule has 0 radical (unpaired) electrons. The van der Waals surface area contributed by atoms with Crippen LogP contribution in [0, 0.1) is 0 Å². The van der Waals surface area contributed by atoms with Gasteiger partial charge in [0.1, 0.15) is 0 Å². The van der Waals surface area contributed by atoms with Gasteiger partial charge in [-0.05, 0) is 52.1 Å². The van der Waals surface area contributed by atoms with Crippen molar-refractivity contribution < 1.29 is 0 Å². The molecule has 0 spiro atoms. The predicted octanol–water partition coefficient (Wildman–Crippen LogP) is 2.41. The van der Waals surface area contributed by atoms with Crippen molar-refractivity contribution in [2.45, 2.75) is 57.9 Å². The first-order chi connectivity index (χ1) is 7.54. The lowest BCUT2D eigenvalue weighted by Crippen LogP contribution is -2.28. The van der Waals surface area contributed by atoms with Crippen LogP contribution in [0.2, 0.25) is 0 Å². The monoisotopic (exact) mass is 221 g/mol. The van der Waals surface area contributed by atoms with Crippen LogP contribution in [0.4, 0.5) is 0 Å². The van der Waals surface area contributed by atoms with Crippen LogP contribution in [-0.2, 0) is 12.0 Å². The molecule has 1 aliphatic rings. The van der Waals surface area contributed by atoms with Crippen molar-refractivity contribution in [1.29, 1.82) is 0 Å². The number of hydrogen-bond acceptors (Lipinski definition) is 2. The Morgan fingerprint density at radius 1 is 1.44 bits per heavy atom. The quantitative estimate of drug-likeness (QED) is 0.851. The molecule has 3 nitrogen and oxygen atoms in total. The Morgan fingerprint density at radius 2 is 2.12 bits per heavy atom. The van der Waals surface area contributed by atoms with Crippen LogP contribution in [0.1, 0.15) is 57.2 Å². The van der Waals surface area contributed by atoms with Crippen molar-refractivity contribution in [2.24, 2.45) is 5.73 Å². The molecule has 1 aromatic heterocycles. The van der Waals surface area contributed by atoms with Gasteiger partial charge in [0.2, 0.25) is 0 Å². The SMILES string of the molecule is CC(C)(C)n1ncc(CCN)c1C1CCC1. The minimum Gasteiger partial charge on any atom is -0.330 e. The van der Waals surface area contributed by atoms with Crippen molar-refractivity contribution in [3.05, 3.63) is 17.5 Å². The fourth-order valence-corrected chi connectivity index (χ4v) is 2.39. The maximum absolute atomic E-state index is 5.67. The van der Waals surface area contributed by atoms with E-state index in [9.17, 15) is 0 Å². The standard InChI is InChI=1S/C13H23N3/c1-13(2,3)16-12(10-5-4-6-10)11(7-8-14)9-15-16/h9-10H,4-8,14H2,1-3H3. The Balaban J connectivity index is 2.37. The Morgan fingerprint density at radius 3 is 2.56 bits per heavy atom. The van der Waals surface area contributed by atoms with E-state index in [4.69, 9.17) is 5.73 Å². The zero-order chi connectivity index (χ0) is 11.8. The molecule has 90 valence electrons. The molecule has 1 saturated carbocycles. The molecule has 16 heavy (non-hydrogen) atoms. The van der Waals surface area contributed by atoms with E-state index in [1.165, 1.54) is 30.5 Å². The first kappa shape index (κ1) is 11.6. The summed E-state index contributed by atoms with van der Waals surface area (Å²) >= 11 is 0. The van der Waals surface area contributed by atoms with E-state index in [-0.39, 0.29) is 5.54 Å². The molecule has 0 atom stereocenters. The van der Waals surface area contributed by atoms with E-state index in [1.54, 1.807) is 0 Å². The van der Waals surface area contributed by atoms with Gasteiger partial charge in [-0.25, -0.2) is 0 Å². The van der Waals surface area contributed by atoms with E-state index >= 15 is 0 Å². The summed E-state index contributed by atoms with van der Waals surface area (Å²) in [7, 11) is 0. The highest BCUT2D eigenvalue weighted by atomic mass is 15.3. The van der Waals surface area contributed by atoms with E-state index in [0.717, 1.165) is 18.9 Å². The van der Waals surface area contributed by atoms with E-state index < -0.39 is 0 Å². The third kappa shape index (κ3) is 2.01. The summed E-state index contributed by atoms with van der Waals surface area (Å²) in [5, 5.41) is 4.57. The molecular weight excluding hydrogens is 198 g/mol. The van der Waals surface area contributed by atoms with Gasteiger partial charge >= 0.3 is 0 Å². The number of nitrogens with zero attached hydrogens (tertiary/aromatic N) is 2. The number of hydrogen-bond donors (Lipinski definition) is 1. The second-order valence-corrected chi connectivity index (χ2v) is 5.80. The highest BCUT2D eigenvalue weighted by Crippen LogP contribution is 2.39. The molecule has 0 unspecified atom stereocenters. The van der Waals surface area contributed by atoms with E-state index in [0.29, 0.717) is 0 Å². The molecule has 2 N–H and O–H groups in total. The van der Waals surface area contributed by atoms with Gasteiger partial charge in [-0.15, -0.1) is 0 Å². The summed E-state index contributed by atoms with van der Waals surface area (Å²) < 4.78 is 2.21. The Labute approximate surface area is 98.0 Å². The van der Waals surface area contributed by atoms with Crippen LogP contribution in [-0.4, -0.2) is 16.3 Å². The predicted molar refractivity (Wildman–Crippen MR) is 66.6 cm³/mol. The van der Waals surface area contributed by atoms with Gasteiger partial charge in [-0.3, -0.25) is 4.68 Å². The zero-order valence-corrected chi connectivity index (χ0v) is 10.7. The van der Waals surface area contributed by atoms with Gasteiger partial charge in [-0.1, -0.05) is 6.42 Å². The lowest BCUT2D eigenvalue weighted by Gasteiger charge is -2.32. The van der Waals surface area contributed by atoms with Gasteiger partial charge < -0.3 is 5.73 Å². The molecule has 2 rings (SSSR count). The topological polar surface area (TPSA) is 43.8 Å². The molecule has 0 bridgehead atoms. The van der Waals surface area contributed by atoms with Crippen LogP contribution in [0.3, 0.4) is 0 Å². The van der Waals surface area contributed by atoms with Crippen LogP contribution < -0.4 is 5.73 Å². The third-order valence-electron chi connectivity index (χ3n) is 3.43. The highest BCUT2D eigenvalue weighted by Gasteiger charge is 2.29. The van der Waals surface area contributed by atoms with Crippen LogP contribution >= 0.6 is 0 Å². The fraction of sp³-hybridized carbons (Fsp3) is 0.769. The molecule has 1 fully saturated rings. The summed E-state index contributed by atoms with van der Waals surface area (Å²) in [4.78, 5) is 0. The normalized spacial score (nSPS) is 17.5. The van der Waals surface area contributed by atoms with Crippen molar-refractivity contribution in [3.8, 4) is 0 Å². The average Bonchev–Trinajstić information content (AvgIpc) is 2.46. The lowest BCUT2D eigenvalue weighted by molar-refractivity contribution is 0.306. The number of rotatable bonds is 3. The summed E-state index contributed by atoms with van der Waals surface area (Å²) in [6.07, 6.45) is 6.98. The fourth-order valence-electron chi connectivity index (χ4n) is 2.39. The van der Waals surface area contributed by atoms with Crippen LogP contribution in [0.15, 0.2) is 6.20 Å². The molecule has 1 aromatic rings. The molecule has 0 aromatic carbocycles. The Hall–Kier alpha value is -0.830. The summed E-state index contributed by atoms with van der Waals surface area (Å²) in [5.41, 5.74) is 8.56. The molecule has 0 saturated heterocycles. The molecule has 0 amide bonds. The van der Waals surface area contributed by atoms with Gasteiger partial charge in [0, 0.05) is 11.6 Å². The van der Waals surface area contributed by atoms with Crippen molar-refractivity contribution in [2.75, 3.05) is 6.54 Å². The second kappa shape index (κ2) is 4.21. The van der Waals surface area contributed by atoms with Gasteiger partial charge in [-0.2, -0.15) is 5.10 Å². The molecule has 1 aliphatic carbocycles. The molecule has 1 heterocycles. The summed E-state index contributed by atoms with van der Waals surface area (Å²) in [6, 6.07) is 0. The molecule has 0 aliphatic heterocycles. The summed E-state index contributed by atoms with van der Waals surface area (Å²) in [5.74, 6) is 0.725. The second-order valence-electron chi connectivity index (χ2n) is 5.80. The Kier molecular flexibility index (Phi) is 3.06. The van der Waals surface area contributed by atoms with Crippen molar-refractivity contribution in [1.82, 2.24) is 9.78 Å². The van der Waals surface area contributed by atoms with E-state index in [1.807, 2.05) is 6.20 Å². The smallest absolute Gasteiger partial charge is 0.0546 e. The van der Waals surface area contributed by atoms with Crippen LogP contribution in [0.25, 0.3) is 0 Å². The van der Waals surface area contributed by atoms with Gasteiger partial charge in [0.25, 0.3) is 0 Å². The van der Waals surface area contributed by atoms with Gasteiger partial charge in [0.05, 0.1) is 11.7 Å². The molecular formula is C13H23N3. The zero-order valence-electron chi connectivity index (χ0n) is 10.7. The maximum Gasteiger partial charge on any atom is 0.0546 e. The van der Waals surface area contributed by atoms with Crippen LogP contribution in [0.5, 0.6) is 0 Å².